The van der Waals surface area contributed by atoms with Crippen LogP contribution in [0.1, 0.15) is 59.3 Å². The number of carbonyl (C=O) groups is 1. The molecule has 1 fully saturated rings. The lowest BCUT2D eigenvalue weighted by Crippen LogP contribution is -2.32. The van der Waals surface area contributed by atoms with Crippen LogP contribution in [0.2, 0.25) is 0 Å². The van der Waals surface area contributed by atoms with E-state index in [2.05, 4.69) is 11.4 Å². The van der Waals surface area contributed by atoms with E-state index in [1.165, 1.54) is 19.3 Å². The Hall–Kier alpha value is -2.79. The molecule has 5 heteroatoms. The monoisotopic (exact) mass is 405 g/mol. The number of aromatic nitrogens is 1. The second kappa shape index (κ2) is 8.92. The number of fused-ring (bicyclic) bond motifs is 1. The largest absolute Gasteiger partial charge is 0.543 e. The Morgan fingerprint density at radius 1 is 1.13 bits per heavy atom. The van der Waals surface area contributed by atoms with Crippen molar-refractivity contribution in [2.24, 2.45) is 0 Å². The first-order valence-electron chi connectivity index (χ1n) is 10.8. The second-order valence-electron chi connectivity index (χ2n) is 8.29. The first-order valence-corrected chi connectivity index (χ1v) is 10.8. The fourth-order valence-corrected chi connectivity index (χ4v) is 4.57. The molecule has 0 radical (unpaired) electrons. The van der Waals surface area contributed by atoms with E-state index in [4.69, 9.17) is 4.74 Å². The number of rotatable bonds is 7. The zero-order valence-electron chi connectivity index (χ0n) is 17.7. The molecular weight excluding hydrogens is 376 g/mol. The SMILES string of the molecule is COc1ccc(Cn2c(C(=O)[O-])c(CNC3CCCCC3)c3ccc(C)cc32)cc1. The molecule has 5 nitrogen and oxygen atoms in total. The number of hydrogen-bond donors (Lipinski definition) is 1. The molecule has 2 aromatic carbocycles. The second-order valence-corrected chi connectivity index (χ2v) is 8.29. The Morgan fingerprint density at radius 2 is 1.87 bits per heavy atom. The molecule has 0 bridgehead atoms. The lowest BCUT2D eigenvalue weighted by Gasteiger charge is -2.23. The molecule has 1 aliphatic rings. The van der Waals surface area contributed by atoms with Crippen molar-refractivity contribution in [2.75, 3.05) is 7.11 Å². The standard InChI is InChI=1S/C25H30N2O3/c1-17-8-13-21-22(15-26-19-6-4-3-5-7-19)24(25(28)29)27(23(21)14-17)16-18-9-11-20(30-2)12-10-18/h8-14,19,26H,3-7,15-16H2,1-2H3,(H,28,29)/p-1. The molecule has 0 amide bonds. The van der Waals surface area contributed by atoms with Crippen molar-refractivity contribution in [1.29, 1.82) is 0 Å². The minimum atomic E-state index is -1.13. The molecule has 1 saturated carbocycles. The van der Waals surface area contributed by atoms with Crippen LogP contribution in [-0.2, 0) is 13.1 Å². The fourth-order valence-electron chi connectivity index (χ4n) is 4.57. The van der Waals surface area contributed by atoms with Gasteiger partial charge in [-0.2, -0.15) is 0 Å². The van der Waals surface area contributed by atoms with Crippen LogP contribution in [-0.4, -0.2) is 23.7 Å². The third kappa shape index (κ3) is 4.21. The van der Waals surface area contributed by atoms with Crippen LogP contribution in [0.25, 0.3) is 10.9 Å². The first-order chi connectivity index (χ1) is 14.6. The van der Waals surface area contributed by atoms with Gasteiger partial charge in [-0.15, -0.1) is 0 Å². The van der Waals surface area contributed by atoms with E-state index in [0.717, 1.165) is 46.2 Å². The number of benzene rings is 2. The number of carbonyl (C=O) groups excluding carboxylic acids is 1. The highest BCUT2D eigenvalue weighted by molar-refractivity contribution is 5.97. The maximum atomic E-state index is 12.3. The molecule has 0 unspecified atom stereocenters. The molecule has 1 aromatic heterocycles. The predicted molar refractivity (Wildman–Crippen MR) is 117 cm³/mol. The van der Waals surface area contributed by atoms with E-state index in [0.29, 0.717) is 19.1 Å². The molecule has 1 N–H and O–H groups in total. The predicted octanol–water partition coefficient (Wildman–Crippen LogP) is 3.79. The van der Waals surface area contributed by atoms with E-state index >= 15 is 0 Å². The van der Waals surface area contributed by atoms with Crippen molar-refractivity contribution < 1.29 is 14.6 Å². The number of methoxy groups -OCH3 is 1. The number of ether oxygens (including phenoxy) is 1. The van der Waals surface area contributed by atoms with Gasteiger partial charge in [0.15, 0.2) is 0 Å². The van der Waals surface area contributed by atoms with Crippen molar-refractivity contribution in [3.05, 3.63) is 64.8 Å². The topological polar surface area (TPSA) is 66.3 Å². The molecule has 30 heavy (non-hydrogen) atoms. The zero-order valence-corrected chi connectivity index (χ0v) is 17.7. The number of aryl methyl sites for hydroxylation is 1. The van der Waals surface area contributed by atoms with Crippen LogP contribution in [0.3, 0.4) is 0 Å². The van der Waals surface area contributed by atoms with Crippen molar-refractivity contribution in [3.63, 3.8) is 0 Å². The normalized spacial score (nSPS) is 14.9. The van der Waals surface area contributed by atoms with E-state index < -0.39 is 5.97 Å². The van der Waals surface area contributed by atoms with Crippen molar-refractivity contribution in [3.8, 4) is 5.75 Å². The number of aromatic carboxylic acids is 1. The van der Waals surface area contributed by atoms with Gasteiger partial charge in [0, 0.05) is 35.6 Å². The van der Waals surface area contributed by atoms with Crippen molar-refractivity contribution in [1.82, 2.24) is 9.88 Å². The van der Waals surface area contributed by atoms with Gasteiger partial charge in [0.2, 0.25) is 0 Å². The maximum absolute atomic E-state index is 12.3. The summed E-state index contributed by atoms with van der Waals surface area (Å²) < 4.78 is 7.13. The number of nitrogens with zero attached hydrogens (tertiary/aromatic N) is 1. The van der Waals surface area contributed by atoms with Gasteiger partial charge in [0.05, 0.1) is 18.8 Å². The van der Waals surface area contributed by atoms with Crippen LogP contribution in [0.15, 0.2) is 42.5 Å². The zero-order chi connectivity index (χ0) is 21.1. The minimum absolute atomic E-state index is 0.273. The number of hydrogen-bond acceptors (Lipinski definition) is 4. The van der Waals surface area contributed by atoms with Gasteiger partial charge in [-0.05, 0) is 49.1 Å². The van der Waals surface area contributed by atoms with Gasteiger partial charge >= 0.3 is 0 Å². The van der Waals surface area contributed by atoms with E-state index in [1.54, 1.807) is 7.11 Å². The summed E-state index contributed by atoms with van der Waals surface area (Å²) in [5, 5.41) is 16.9. The summed E-state index contributed by atoms with van der Waals surface area (Å²) in [5.41, 5.74) is 4.15. The van der Waals surface area contributed by atoms with Gasteiger partial charge in [-0.3, -0.25) is 0 Å². The summed E-state index contributed by atoms with van der Waals surface area (Å²) in [6.45, 7) is 3.04. The smallest absolute Gasteiger partial charge is 0.118 e. The summed E-state index contributed by atoms with van der Waals surface area (Å²) in [5.74, 6) is -0.345. The quantitative estimate of drug-likeness (QED) is 0.649. The third-order valence-corrected chi connectivity index (χ3v) is 6.19. The Balaban J connectivity index is 1.74. The molecule has 1 heterocycles. The Morgan fingerprint density at radius 3 is 2.53 bits per heavy atom. The van der Waals surface area contributed by atoms with Crippen LogP contribution >= 0.6 is 0 Å². The summed E-state index contributed by atoms with van der Waals surface area (Å²) >= 11 is 0. The molecule has 0 aliphatic heterocycles. The first kappa shape index (κ1) is 20.5. The minimum Gasteiger partial charge on any atom is -0.543 e. The van der Waals surface area contributed by atoms with Gasteiger partial charge in [-0.25, -0.2) is 0 Å². The average Bonchev–Trinajstić information content (AvgIpc) is 3.06. The molecule has 4 rings (SSSR count). The number of nitrogens with one attached hydrogen (secondary N) is 1. The molecule has 0 spiro atoms. The molecule has 1 aliphatic carbocycles. The number of carboxylic acid groups (broad SMARTS) is 1. The number of carboxylic acids is 1. The van der Waals surface area contributed by atoms with Crippen LogP contribution in [0, 0.1) is 6.92 Å². The average molecular weight is 406 g/mol. The molecule has 0 atom stereocenters. The Bertz CT molecular complexity index is 1030. The highest BCUT2D eigenvalue weighted by atomic mass is 16.5. The molecule has 158 valence electrons. The molecule has 3 aromatic rings. The van der Waals surface area contributed by atoms with Gasteiger partial charge in [-0.1, -0.05) is 43.5 Å². The van der Waals surface area contributed by atoms with Gasteiger partial charge < -0.3 is 24.5 Å². The van der Waals surface area contributed by atoms with E-state index in [9.17, 15) is 9.90 Å². The van der Waals surface area contributed by atoms with Crippen molar-refractivity contribution in [2.45, 2.75) is 58.2 Å². The van der Waals surface area contributed by atoms with E-state index in [1.807, 2.05) is 47.9 Å². The van der Waals surface area contributed by atoms with Crippen LogP contribution < -0.4 is 15.2 Å². The highest BCUT2D eigenvalue weighted by Crippen LogP contribution is 2.29. The Kier molecular flexibility index (Phi) is 6.09. The molecule has 0 saturated heterocycles. The van der Waals surface area contributed by atoms with Crippen LogP contribution in [0.4, 0.5) is 0 Å². The lowest BCUT2D eigenvalue weighted by molar-refractivity contribution is -0.255. The fraction of sp³-hybridized carbons (Fsp3) is 0.400. The summed E-state index contributed by atoms with van der Waals surface area (Å²) in [6, 6.07) is 14.4. The van der Waals surface area contributed by atoms with E-state index in [-0.39, 0.29) is 5.69 Å². The highest BCUT2D eigenvalue weighted by Gasteiger charge is 2.20. The third-order valence-electron chi connectivity index (χ3n) is 6.19. The van der Waals surface area contributed by atoms with Gasteiger partial charge in [0.1, 0.15) is 5.75 Å². The summed E-state index contributed by atoms with van der Waals surface area (Å²) in [4.78, 5) is 12.3. The van der Waals surface area contributed by atoms with Crippen LogP contribution in [0.5, 0.6) is 5.75 Å². The van der Waals surface area contributed by atoms with Crippen molar-refractivity contribution >= 4 is 16.9 Å². The maximum Gasteiger partial charge on any atom is 0.118 e. The summed E-state index contributed by atoms with van der Waals surface area (Å²) in [7, 11) is 1.64. The lowest BCUT2D eigenvalue weighted by atomic mass is 9.95. The Labute approximate surface area is 177 Å². The summed E-state index contributed by atoms with van der Waals surface area (Å²) in [6.07, 6.45) is 6.09. The molecular formula is C25H29N2O3-. The van der Waals surface area contributed by atoms with Gasteiger partial charge in [0.25, 0.3) is 0 Å².